The molecule has 0 bridgehead atoms. The van der Waals surface area contributed by atoms with E-state index in [2.05, 4.69) is 42.1 Å². The Balaban J connectivity index is 1.61. The van der Waals surface area contributed by atoms with E-state index in [4.69, 9.17) is 27.9 Å². The number of hydrogen-bond donors (Lipinski definition) is 0. The number of hydrogen-bond acceptors (Lipinski definition) is 4. The normalized spacial score (nSPS) is 15.4. The van der Waals surface area contributed by atoms with E-state index in [0.717, 1.165) is 17.7 Å². The van der Waals surface area contributed by atoms with Gasteiger partial charge in [-0.3, -0.25) is 4.79 Å². The van der Waals surface area contributed by atoms with E-state index in [-0.39, 0.29) is 11.4 Å². The molecule has 0 radical (unpaired) electrons. The topological polar surface area (TPSA) is 54.8 Å². The first-order valence-corrected chi connectivity index (χ1v) is 10.3. The van der Waals surface area contributed by atoms with Crippen molar-refractivity contribution in [2.75, 3.05) is 6.61 Å². The van der Waals surface area contributed by atoms with Crippen molar-refractivity contribution in [2.24, 2.45) is 5.10 Å². The smallest absolute Gasteiger partial charge is 0.243 e. The average molecular weight is 434 g/mol. The van der Waals surface area contributed by atoms with Gasteiger partial charge in [0.15, 0.2) is 0 Å². The first-order chi connectivity index (χ1) is 13.7. The lowest BCUT2D eigenvalue weighted by atomic mass is 9.93. The van der Waals surface area contributed by atoms with Gasteiger partial charge in [-0.15, -0.1) is 0 Å². The second-order valence-corrected chi connectivity index (χ2v) is 8.85. The van der Waals surface area contributed by atoms with Gasteiger partial charge in [-0.2, -0.15) is 5.10 Å². The molecule has 3 rings (SSSR count). The van der Waals surface area contributed by atoms with Crippen LogP contribution in [0.25, 0.3) is 0 Å². The van der Waals surface area contributed by atoms with Crippen molar-refractivity contribution in [1.82, 2.24) is 9.99 Å². The molecule has 2 aromatic rings. The molecule has 0 atom stereocenters. The van der Waals surface area contributed by atoms with Gasteiger partial charge < -0.3 is 4.74 Å². The molecule has 0 unspecified atom stereocenters. The molecular weight excluding hydrogens is 409 g/mol. The van der Waals surface area contributed by atoms with Crippen LogP contribution in [-0.4, -0.2) is 33.8 Å². The van der Waals surface area contributed by atoms with Gasteiger partial charge in [0.25, 0.3) is 0 Å². The van der Waals surface area contributed by atoms with Gasteiger partial charge in [0.2, 0.25) is 11.8 Å². The van der Waals surface area contributed by atoms with E-state index >= 15 is 0 Å². The summed E-state index contributed by atoms with van der Waals surface area (Å²) in [6.07, 6.45) is 3.07. The highest BCUT2D eigenvalue weighted by molar-refractivity contribution is 6.35. The fraction of sp³-hybridized carbons (Fsp3) is 0.409. The van der Waals surface area contributed by atoms with Crippen LogP contribution in [0.15, 0.2) is 35.6 Å². The SMILES string of the molecule is Cc1cc(C)cc(C2=NN(C(=O)CCCOc3ncc(Cl)cc3Cl)C(C)(C)C2)c1. The molecule has 0 saturated heterocycles. The van der Waals surface area contributed by atoms with Crippen molar-refractivity contribution in [3.63, 3.8) is 0 Å². The summed E-state index contributed by atoms with van der Waals surface area (Å²) in [4.78, 5) is 16.8. The number of nitrogens with zero attached hydrogens (tertiary/aromatic N) is 3. The monoisotopic (exact) mass is 433 g/mol. The van der Waals surface area contributed by atoms with Crippen molar-refractivity contribution in [3.8, 4) is 5.88 Å². The Morgan fingerprint density at radius 2 is 1.86 bits per heavy atom. The number of benzene rings is 1. The van der Waals surface area contributed by atoms with Gasteiger partial charge in [-0.05, 0) is 45.7 Å². The maximum Gasteiger partial charge on any atom is 0.243 e. The van der Waals surface area contributed by atoms with E-state index in [1.807, 2.05) is 13.8 Å². The lowest BCUT2D eigenvalue weighted by Crippen LogP contribution is -2.40. The largest absolute Gasteiger partial charge is 0.477 e. The van der Waals surface area contributed by atoms with Gasteiger partial charge in [0.05, 0.1) is 22.9 Å². The average Bonchev–Trinajstić information content (AvgIpc) is 2.95. The second-order valence-electron chi connectivity index (χ2n) is 8.01. The highest BCUT2D eigenvalue weighted by atomic mass is 35.5. The van der Waals surface area contributed by atoms with Gasteiger partial charge in [-0.1, -0.05) is 52.5 Å². The minimum atomic E-state index is -0.355. The first kappa shape index (κ1) is 21.6. The zero-order chi connectivity index (χ0) is 21.2. The van der Waals surface area contributed by atoms with Crippen LogP contribution in [0.3, 0.4) is 0 Å². The lowest BCUT2D eigenvalue weighted by Gasteiger charge is -2.28. The molecule has 154 valence electrons. The highest BCUT2D eigenvalue weighted by Crippen LogP contribution is 2.31. The van der Waals surface area contributed by atoms with Crippen molar-refractivity contribution in [1.29, 1.82) is 0 Å². The molecule has 1 aromatic heterocycles. The van der Waals surface area contributed by atoms with Crippen LogP contribution in [0.1, 0.15) is 49.8 Å². The van der Waals surface area contributed by atoms with Crippen LogP contribution in [0.2, 0.25) is 10.0 Å². The molecule has 0 saturated carbocycles. The molecule has 1 aliphatic heterocycles. The molecule has 5 nitrogen and oxygen atoms in total. The van der Waals surface area contributed by atoms with Crippen molar-refractivity contribution in [3.05, 3.63) is 57.2 Å². The maximum absolute atomic E-state index is 12.8. The summed E-state index contributed by atoms with van der Waals surface area (Å²) in [6.45, 7) is 8.56. The van der Waals surface area contributed by atoms with Gasteiger partial charge >= 0.3 is 0 Å². The minimum absolute atomic E-state index is 0.0202. The third-order valence-electron chi connectivity index (χ3n) is 4.73. The summed E-state index contributed by atoms with van der Waals surface area (Å²) in [7, 11) is 0. The predicted molar refractivity (Wildman–Crippen MR) is 117 cm³/mol. The Hall–Kier alpha value is -2.11. The Kier molecular flexibility index (Phi) is 6.49. The molecule has 1 amide bonds. The van der Waals surface area contributed by atoms with Crippen LogP contribution in [-0.2, 0) is 4.79 Å². The Morgan fingerprint density at radius 1 is 1.17 bits per heavy atom. The molecule has 2 heterocycles. The van der Waals surface area contributed by atoms with Gasteiger partial charge in [-0.25, -0.2) is 9.99 Å². The van der Waals surface area contributed by atoms with Crippen molar-refractivity contribution in [2.45, 2.75) is 52.5 Å². The molecule has 1 aromatic carbocycles. The number of aromatic nitrogens is 1. The van der Waals surface area contributed by atoms with Gasteiger partial charge in [0.1, 0.15) is 5.02 Å². The number of carbonyl (C=O) groups is 1. The Morgan fingerprint density at radius 3 is 2.52 bits per heavy atom. The molecular formula is C22H25Cl2N3O2. The summed E-state index contributed by atoms with van der Waals surface area (Å²) in [5.74, 6) is 0.299. The van der Waals surface area contributed by atoms with E-state index in [1.165, 1.54) is 17.3 Å². The van der Waals surface area contributed by atoms with Gasteiger partial charge in [0, 0.05) is 19.0 Å². The molecule has 0 spiro atoms. The fourth-order valence-electron chi connectivity index (χ4n) is 3.48. The van der Waals surface area contributed by atoms with E-state index in [0.29, 0.717) is 35.4 Å². The lowest BCUT2D eigenvalue weighted by molar-refractivity contribution is -0.135. The number of halogens is 2. The minimum Gasteiger partial charge on any atom is -0.477 e. The standard InChI is InChI=1S/C22H25Cl2N3O2/c1-14-8-15(2)10-16(9-14)19-12-22(3,4)27(26-19)20(28)6-5-7-29-21-18(24)11-17(23)13-25-21/h8-11,13H,5-7,12H2,1-4H3. The number of aryl methyl sites for hydroxylation is 2. The van der Waals surface area contributed by atoms with Crippen molar-refractivity contribution < 1.29 is 9.53 Å². The third-order valence-corrected chi connectivity index (χ3v) is 5.21. The molecule has 0 aliphatic carbocycles. The number of hydrazone groups is 1. The molecule has 1 aliphatic rings. The maximum atomic E-state index is 12.8. The summed E-state index contributed by atoms with van der Waals surface area (Å²) in [5, 5.41) is 7.09. The van der Waals surface area contributed by atoms with Crippen LogP contribution in [0.4, 0.5) is 0 Å². The number of amides is 1. The summed E-state index contributed by atoms with van der Waals surface area (Å²) in [5.41, 5.74) is 4.06. The zero-order valence-corrected chi connectivity index (χ0v) is 18.6. The molecule has 29 heavy (non-hydrogen) atoms. The van der Waals surface area contributed by atoms with Crippen molar-refractivity contribution >= 4 is 34.8 Å². The number of pyridine rings is 1. The van der Waals surface area contributed by atoms with E-state index in [1.54, 1.807) is 11.1 Å². The number of carbonyl (C=O) groups excluding carboxylic acids is 1. The molecule has 0 N–H and O–H groups in total. The van der Waals surface area contributed by atoms with E-state index < -0.39 is 0 Å². The highest BCUT2D eigenvalue weighted by Gasteiger charge is 2.38. The predicted octanol–water partition coefficient (Wildman–Crippen LogP) is 5.58. The van der Waals surface area contributed by atoms with Crippen LogP contribution in [0.5, 0.6) is 5.88 Å². The molecule has 7 heteroatoms. The number of rotatable bonds is 6. The Labute approximate surface area is 181 Å². The zero-order valence-electron chi connectivity index (χ0n) is 17.1. The fourth-order valence-corrected chi connectivity index (χ4v) is 3.91. The number of ether oxygens (including phenoxy) is 1. The third kappa shape index (κ3) is 5.28. The quantitative estimate of drug-likeness (QED) is 0.558. The second kappa shape index (κ2) is 8.72. The van der Waals surface area contributed by atoms with E-state index in [9.17, 15) is 4.79 Å². The summed E-state index contributed by atoms with van der Waals surface area (Å²) >= 11 is 11.9. The molecule has 0 fully saturated rings. The van der Waals surface area contributed by atoms with Crippen LogP contribution in [0, 0.1) is 13.8 Å². The summed E-state index contributed by atoms with van der Waals surface area (Å²) < 4.78 is 5.57. The Bertz CT molecular complexity index is 937. The van der Waals surface area contributed by atoms with Crippen LogP contribution < -0.4 is 4.74 Å². The van der Waals surface area contributed by atoms with Crippen LogP contribution >= 0.6 is 23.2 Å². The first-order valence-electron chi connectivity index (χ1n) is 9.59. The summed E-state index contributed by atoms with van der Waals surface area (Å²) in [6, 6.07) is 7.95.